The molecule has 10 heteroatoms. The van der Waals surface area contributed by atoms with Gasteiger partial charge in [0.15, 0.2) is 6.54 Å². The minimum atomic E-state index is -1.40. The van der Waals surface area contributed by atoms with Gasteiger partial charge in [0.05, 0.1) is 25.1 Å². The van der Waals surface area contributed by atoms with Crippen molar-refractivity contribution in [3.8, 4) is 0 Å². The lowest BCUT2D eigenvalue weighted by Crippen LogP contribution is -2.78. The summed E-state index contributed by atoms with van der Waals surface area (Å²) in [5, 5.41) is 15.4. The standard InChI is InChI=1S/C10H20N6O4/c11-4-7(17)15-5-8(18)16-6(9(19)20)2-1-3-14-10(12)13/h6H,1-5,11H2,(H,15,17)(H,16,18)(H,19,20)(H4,12,13,14)/p+1/t6-/m0/s1. The van der Waals surface area contributed by atoms with Gasteiger partial charge in [0.25, 0.3) is 5.91 Å². The molecule has 10 N–H and O–H groups in total. The Morgan fingerprint density at radius 3 is 2.40 bits per heavy atom. The zero-order chi connectivity index (χ0) is 15.5. The number of guanidine groups is 1. The first kappa shape index (κ1) is 17.6. The van der Waals surface area contributed by atoms with Crippen molar-refractivity contribution in [3.05, 3.63) is 0 Å². The lowest BCUT2D eigenvalue weighted by atomic mass is 10.1. The van der Waals surface area contributed by atoms with E-state index in [2.05, 4.69) is 21.4 Å². The maximum absolute atomic E-state index is 11.4. The molecule has 114 valence electrons. The number of nitrogens with one attached hydrogen (secondary N) is 3. The number of carboxylic acid groups (broad SMARTS) is 1. The molecule has 10 nitrogen and oxygen atoms in total. The summed E-state index contributed by atoms with van der Waals surface area (Å²) in [5.41, 5.74) is 13.7. The van der Waals surface area contributed by atoms with E-state index in [0.717, 1.165) is 0 Å². The van der Waals surface area contributed by atoms with Crippen molar-refractivity contribution in [3.63, 3.8) is 0 Å². The summed E-state index contributed by atoms with van der Waals surface area (Å²) in [6.45, 7) is 0.0695. The summed E-state index contributed by atoms with van der Waals surface area (Å²) in [4.78, 5) is 35.8. The van der Waals surface area contributed by atoms with E-state index in [4.69, 9.17) is 11.5 Å². The van der Waals surface area contributed by atoms with E-state index in [1.807, 2.05) is 0 Å². The molecule has 0 saturated carbocycles. The van der Waals surface area contributed by atoms with Gasteiger partial charge in [-0.1, -0.05) is 0 Å². The van der Waals surface area contributed by atoms with Crippen molar-refractivity contribution in [1.29, 1.82) is 0 Å². The summed E-state index contributed by atoms with van der Waals surface area (Å²) in [5.74, 6) is -2.37. The summed E-state index contributed by atoms with van der Waals surface area (Å²) in [7, 11) is 0. The summed E-state index contributed by atoms with van der Waals surface area (Å²) < 4.78 is 0. The minimum Gasteiger partial charge on any atom is -0.548 e. The monoisotopic (exact) mass is 289 g/mol. The summed E-state index contributed by atoms with van der Waals surface area (Å²) in [6, 6.07) is -1.14. The van der Waals surface area contributed by atoms with Gasteiger partial charge in [0, 0.05) is 0 Å². The molecule has 0 aliphatic heterocycles. The van der Waals surface area contributed by atoms with Crippen LogP contribution in [0.25, 0.3) is 0 Å². The van der Waals surface area contributed by atoms with Crippen LogP contribution in [0.1, 0.15) is 12.8 Å². The van der Waals surface area contributed by atoms with Crippen molar-refractivity contribution < 1.29 is 30.2 Å². The maximum atomic E-state index is 11.4. The molecule has 0 saturated heterocycles. The SMILES string of the molecule is NC(N)=[NH+]CCC[C@H](NC(=O)CNC(=O)C[NH3+])C(=O)[O-]. The predicted molar refractivity (Wildman–Crippen MR) is 66.1 cm³/mol. The molecular weight excluding hydrogens is 268 g/mol. The first-order chi connectivity index (χ1) is 9.36. The van der Waals surface area contributed by atoms with Crippen LogP contribution in [0.3, 0.4) is 0 Å². The topological polar surface area (TPSA) is 192 Å². The fourth-order valence-electron chi connectivity index (χ4n) is 1.30. The second-order valence-electron chi connectivity index (χ2n) is 3.99. The molecule has 0 spiro atoms. The number of nitrogens with two attached hydrogens (primary N) is 2. The van der Waals surface area contributed by atoms with Gasteiger partial charge in [0.1, 0.15) is 0 Å². The number of rotatable bonds is 9. The summed E-state index contributed by atoms with van der Waals surface area (Å²) >= 11 is 0. The number of hydrogen-bond acceptors (Lipinski definition) is 4. The van der Waals surface area contributed by atoms with E-state index >= 15 is 0 Å². The number of carbonyl (C=O) groups is 3. The quantitative estimate of drug-likeness (QED) is 0.139. The highest BCUT2D eigenvalue weighted by molar-refractivity contribution is 5.87. The van der Waals surface area contributed by atoms with Gasteiger partial charge in [-0.2, -0.15) is 0 Å². The molecule has 0 aromatic heterocycles. The predicted octanol–water partition coefficient (Wildman–Crippen LogP) is -7.29. The minimum absolute atomic E-state index is 0.000124. The van der Waals surface area contributed by atoms with Crippen molar-refractivity contribution in [1.82, 2.24) is 10.6 Å². The molecule has 0 bridgehead atoms. The zero-order valence-corrected chi connectivity index (χ0v) is 11.1. The Morgan fingerprint density at radius 2 is 1.90 bits per heavy atom. The third kappa shape index (κ3) is 8.69. The Kier molecular flexibility index (Phi) is 8.43. The molecule has 1 atom stereocenters. The van der Waals surface area contributed by atoms with Crippen molar-refractivity contribution in [2.24, 2.45) is 11.5 Å². The van der Waals surface area contributed by atoms with E-state index in [0.29, 0.717) is 13.0 Å². The molecule has 0 radical (unpaired) electrons. The molecule has 0 fully saturated rings. The van der Waals surface area contributed by atoms with Crippen LogP contribution in [-0.2, 0) is 14.4 Å². The lowest BCUT2D eigenvalue weighted by molar-refractivity contribution is -0.459. The number of hydrogen-bond donors (Lipinski definition) is 6. The van der Waals surface area contributed by atoms with Crippen LogP contribution >= 0.6 is 0 Å². The van der Waals surface area contributed by atoms with Crippen LogP contribution in [-0.4, -0.2) is 49.4 Å². The number of quaternary nitrogens is 1. The van der Waals surface area contributed by atoms with E-state index in [1.165, 1.54) is 0 Å². The highest BCUT2D eigenvalue weighted by atomic mass is 16.4. The summed E-state index contributed by atoms with van der Waals surface area (Å²) in [6.07, 6.45) is 0.569. The van der Waals surface area contributed by atoms with Crippen LogP contribution in [0.15, 0.2) is 0 Å². The van der Waals surface area contributed by atoms with Crippen LogP contribution in [0, 0.1) is 0 Å². The molecule has 0 heterocycles. The largest absolute Gasteiger partial charge is 0.548 e. The Bertz CT molecular complexity index is 380. The molecule has 2 amide bonds. The second-order valence-corrected chi connectivity index (χ2v) is 3.99. The van der Waals surface area contributed by atoms with Crippen molar-refractivity contribution in [2.45, 2.75) is 18.9 Å². The molecule has 0 aliphatic rings. The molecule has 0 aliphatic carbocycles. The molecule has 0 aromatic carbocycles. The first-order valence-electron chi connectivity index (χ1n) is 6.04. The average Bonchev–Trinajstić information content (AvgIpc) is 2.38. The fourth-order valence-corrected chi connectivity index (χ4v) is 1.30. The zero-order valence-electron chi connectivity index (χ0n) is 11.1. The normalized spacial score (nSPS) is 11.2. The van der Waals surface area contributed by atoms with E-state index in [9.17, 15) is 19.5 Å². The number of carbonyl (C=O) groups excluding carboxylic acids is 3. The van der Waals surface area contributed by atoms with E-state index in [-0.39, 0.29) is 25.5 Å². The Hall–Kier alpha value is -2.36. The lowest BCUT2D eigenvalue weighted by Gasteiger charge is -2.19. The third-order valence-electron chi connectivity index (χ3n) is 2.29. The van der Waals surface area contributed by atoms with Gasteiger partial charge in [-0.25, -0.2) is 0 Å². The highest BCUT2D eigenvalue weighted by Gasteiger charge is 2.13. The van der Waals surface area contributed by atoms with E-state index < -0.39 is 23.8 Å². The van der Waals surface area contributed by atoms with Gasteiger partial charge in [-0.3, -0.25) is 26.0 Å². The van der Waals surface area contributed by atoms with Crippen LogP contribution in [0.2, 0.25) is 0 Å². The molecule has 0 aromatic rings. The van der Waals surface area contributed by atoms with Crippen molar-refractivity contribution >= 4 is 23.7 Å². The van der Waals surface area contributed by atoms with Gasteiger partial charge in [-0.05, 0) is 12.8 Å². The van der Waals surface area contributed by atoms with Crippen molar-refractivity contribution in [2.75, 3.05) is 19.6 Å². The smallest absolute Gasteiger partial charge is 0.338 e. The van der Waals surface area contributed by atoms with E-state index in [1.54, 1.807) is 0 Å². The number of aliphatic carboxylic acids is 1. The van der Waals surface area contributed by atoms with Crippen LogP contribution in [0.5, 0.6) is 0 Å². The average molecular weight is 289 g/mol. The third-order valence-corrected chi connectivity index (χ3v) is 2.29. The molecule has 0 rings (SSSR count). The van der Waals surface area contributed by atoms with Gasteiger partial charge < -0.3 is 26.3 Å². The molecule has 0 unspecified atom stereocenters. The fraction of sp³-hybridized carbons (Fsp3) is 0.600. The molecular formula is C10H21N6O4+. The Morgan fingerprint density at radius 1 is 1.25 bits per heavy atom. The Labute approximate surface area is 115 Å². The maximum Gasteiger partial charge on any atom is 0.338 e. The first-order valence-corrected chi connectivity index (χ1v) is 6.04. The Balaban J connectivity index is 4.13. The van der Waals surface area contributed by atoms with Gasteiger partial charge >= 0.3 is 5.96 Å². The van der Waals surface area contributed by atoms with Gasteiger partial charge in [0.2, 0.25) is 5.91 Å². The number of amides is 2. The number of carboxylic acids is 1. The molecule has 20 heavy (non-hydrogen) atoms. The van der Waals surface area contributed by atoms with Gasteiger partial charge in [-0.15, -0.1) is 0 Å². The highest BCUT2D eigenvalue weighted by Crippen LogP contribution is 1.94. The second kappa shape index (κ2) is 9.55. The van der Waals surface area contributed by atoms with Crippen LogP contribution < -0.4 is 37.9 Å². The van der Waals surface area contributed by atoms with Crippen LogP contribution in [0.4, 0.5) is 0 Å².